The lowest BCUT2D eigenvalue weighted by Crippen LogP contribution is -2.71. The topological polar surface area (TPSA) is 173 Å². The number of primary amides is 1. The van der Waals surface area contributed by atoms with Crippen molar-refractivity contribution in [3.8, 4) is 0 Å². The van der Waals surface area contributed by atoms with Crippen LogP contribution in [0.2, 0.25) is 0 Å². The molecule has 2 aromatic heterocycles. The number of thioether (sulfide) groups is 2. The van der Waals surface area contributed by atoms with Gasteiger partial charge in [-0.05, 0) is 23.9 Å². The maximum atomic E-state index is 12.9. The first-order valence-electron chi connectivity index (χ1n) is 9.97. The molecule has 4 heterocycles. The minimum atomic E-state index is -1.20. The Kier molecular flexibility index (Phi) is 6.86. The van der Waals surface area contributed by atoms with Gasteiger partial charge in [-0.1, -0.05) is 11.3 Å². The van der Waals surface area contributed by atoms with Crippen LogP contribution in [0.5, 0.6) is 0 Å². The first-order chi connectivity index (χ1) is 16.2. The van der Waals surface area contributed by atoms with Crippen molar-refractivity contribution < 1.29 is 24.3 Å². The van der Waals surface area contributed by atoms with Crippen molar-refractivity contribution in [3.05, 3.63) is 39.4 Å². The van der Waals surface area contributed by atoms with Crippen LogP contribution < -0.4 is 16.4 Å². The van der Waals surface area contributed by atoms with Gasteiger partial charge in [0, 0.05) is 23.4 Å². The minimum absolute atomic E-state index is 0.0652. The number of carboxylic acid groups (broad SMARTS) is 1. The molecule has 4 rings (SSSR count). The standard InChI is InChI=1S/C19H21N7O5S3/c1-8-16(25(2)24-23-8)33-6-9-7-34-17-12(15(28)26(17)13(9)18(29)30)21-14(27)11(22-19(20)31)10-4-3-5-32-10/h3-5,11-12,17H,6-7H2,1-2H3,(H,21,27)(H,29,30)(H3,20,22,31)/t11?,12-,17?/m0/s1. The molecule has 34 heavy (non-hydrogen) atoms. The molecule has 0 aliphatic carbocycles. The fourth-order valence-electron chi connectivity index (χ4n) is 3.70. The van der Waals surface area contributed by atoms with Crippen LogP contribution in [0.3, 0.4) is 0 Å². The maximum Gasteiger partial charge on any atom is 0.352 e. The molecule has 0 bridgehead atoms. The molecule has 0 aromatic carbocycles. The molecule has 5 N–H and O–H groups in total. The molecule has 15 heteroatoms. The van der Waals surface area contributed by atoms with Crippen molar-refractivity contribution >= 4 is 58.7 Å². The van der Waals surface area contributed by atoms with E-state index < -0.39 is 41.3 Å². The third-order valence-corrected chi connectivity index (χ3v) is 8.84. The quantitative estimate of drug-likeness (QED) is 0.283. The number of nitrogens with two attached hydrogens (primary N) is 1. The molecule has 180 valence electrons. The fraction of sp³-hybridized carbons (Fsp3) is 0.368. The molecular formula is C19H21N7O5S3. The fourth-order valence-corrected chi connectivity index (χ4v) is 6.97. The van der Waals surface area contributed by atoms with Crippen LogP contribution in [0.15, 0.2) is 33.8 Å². The Morgan fingerprint density at radius 3 is 2.76 bits per heavy atom. The summed E-state index contributed by atoms with van der Waals surface area (Å²) in [7, 11) is 1.75. The van der Waals surface area contributed by atoms with Crippen molar-refractivity contribution in [2.45, 2.75) is 29.4 Å². The monoisotopic (exact) mass is 523 g/mol. The molecule has 3 atom stereocenters. The number of hydrogen-bond acceptors (Lipinski definition) is 9. The molecule has 2 aliphatic rings. The van der Waals surface area contributed by atoms with Crippen LogP contribution in [0.4, 0.5) is 4.79 Å². The summed E-state index contributed by atoms with van der Waals surface area (Å²) in [5, 5.41) is 24.8. The van der Waals surface area contributed by atoms with Crippen LogP contribution in [0, 0.1) is 6.92 Å². The average molecular weight is 524 g/mol. The second-order valence-electron chi connectivity index (χ2n) is 7.50. The lowest BCUT2D eigenvalue weighted by Gasteiger charge is -2.49. The van der Waals surface area contributed by atoms with Gasteiger partial charge in [-0.15, -0.1) is 40.0 Å². The van der Waals surface area contributed by atoms with Gasteiger partial charge < -0.3 is 21.5 Å². The summed E-state index contributed by atoms with van der Waals surface area (Å²) in [6.45, 7) is 1.82. The van der Waals surface area contributed by atoms with Gasteiger partial charge in [-0.25, -0.2) is 14.3 Å². The van der Waals surface area contributed by atoms with Crippen LogP contribution in [0.1, 0.15) is 16.6 Å². The highest BCUT2D eigenvalue weighted by atomic mass is 32.2. The summed E-state index contributed by atoms with van der Waals surface area (Å²) >= 11 is 4.03. The number of β-lactam (4-membered cyclic amide) rings is 1. The summed E-state index contributed by atoms with van der Waals surface area (Å²) in [6, 6.07) is 0.554. The van der Waals surface area contributed by atoms with E-state index in [1.165, 1.54) is 39.8 Å². The number of aromatic nitrogens is 3. The molecule has 12 nitrogen and oxygen atoms in total. The van der Waals surface area contributed by atoms with E-state index in [2.05, 4.69) is 20.9 Å². The molecule has 2 unspecified atom stereocenters. The third-order valence-electron chi connectivity index (χ3n) is 5.24. The lowest BCUT2D eigenvalue weighted by atomic mass is 10.0. The summed E-state index contributed by atoms with van der Waals surface area (Å²) < 4.78 is 1.62. The first kappa shape index (κ1) is 24.1. The number of nitrogens with zero attached hydrogens (tertiary/aromatic N) is 4. The van der Waals surface area contributed by atoms with Crippen molar-refractivity contribution in [3.63, 3.8) is 0 Å². The van der Waals surface area contributed by atoms with Crippen molar-refractivity contribution in [2.75, 3.05) is 11.5 Å². The highest BCUT2D eigenvalue weighted by molar-refractivity contribution is 8.01. The molecule has 1 fully saturated rings. The van der Waals surface area contributed by atoms with Crippen LogP contribution in [0.25, 0.3) is 0 Å². The Morgan fingerprint density at radius 2 is 2.18 bits per heavy atom. The Hall–Kier alpha value is -3.04. The third kappa shape index (κ3) is 4.50. The van der Waals surface area contributed by atoms with Gasteiger partial charge in [0.1, 0.15) is 28.2 Å². The van der Waals surface area contributed by atoms with Crippen LogP contribution in [-0.4, -0.2) is 71.7 Å². The number of aliphatic carboxylic acids is 1. The van der Waals surface area contributed by atoms with Gasteiger partial charge in [-0.2, -0.15) is 0 Å². The first-order valence-corrected chi connectivity index (χ1v) is 12.9. The lowest BCUT2D eigenvalue weighted by molar-refractivity contribution is -0.150. The second kappa shape index (κ2) is 9.68. The summed E-state index contributed by atoms with van der Waals surface area (Å²) in [5.74, 6) is -1.58. The maximum absolute atomic E-state index is 12.9. The Labute approximate surface area is 206 Å². The molecule has 0 radical (unpaired) electrons. The number of nitrogens with one attached hydrogen (secondary N) is 2. The Bertz CT molecular complexity index is 1160. The van der Waals surface area contributed by atoms with Gasteiger partial charge in [0.05, 0.1) is 5.69 Å². The number of hydrogen-bond donors (Lipinski definition) is 4. The van der Waals surface area contributed by atoms with E-state index in [1.807, 2.05) is 6.92 Å². The van der Waals surface area contributed by atoms with Gasteiger partial charge in [0.2, 0.25) is 5.91 Å². The Morgan fingerprint density at radius 1 is 1.41 bits per heavy atom. The highest BCUT2D eigenvalue weighted by Crippen LogP contribution is 2.42. The predicted molar refractivity (Wildman–Crippen MR) is 126 cm³/mol. The van der Waals surface area contributed by atoms with Crippen molar-refractivity contribution in [1.82, 2.24) is 30.5 Å². The molecule has 4 amide bonds. The molecule has 0 spiro atoms. The second-order valence-corrected chi connectivity index (χ2v) is 10.6. The number of carbonyl (C=O) groups is 4. The van der Waals surface area contributed by atoms with E-state index in [0.29, 0.717) is 22.0 Å². The number of carbonyl (C=O) groups excluding carboxylic acids is 3. The number of fused-ring (bicyclic) bond motifs is 1. The van der Waals surface area contributed by atoms with Gasteiger partial charge >= 0.3 is 12.0 Å². The van der Waals surface area contributed by atoms with Crippen LogP contribution >= 0.6 is 34.9 Å². The van der Waals surface area contributed by atoms with E-state index in [0.717, 1.165) is 10.7 Å². The number of rotatable bonds is 8. The van der Waals surface area contributed by atoms with E-state index >= 15 is 0 Å². The van der Waals surface area contributed by atoms with Crippen molar-refractivity contribution in [2.24, 2.45) is 12.8 Å². The van der Waals surface area contributed by atoms with Crippen molar-refractivity contribution in [1.29, 1.82) is 0 Å². The summed E-state index contributed by atoms with van der Waals surface area (Å²) in [5.41, 5.74) is 6.48. The zero-order valence-corrected chi connectivity index (χ0v) is 20.5. The van der Waals surface area contributed by atoms with E-state index in [-0.39, 0.29) is 5.70 Å². The molecular weight excluding hydrogens is 502 g/mol. The van der Waals surface area contributed by atoms with E-state index in [1.54, 1.807) is 29.2 Å². The zero-order chi connectivity index (χ0) is 24.6. The Balaban J connectivity index is 1.49. The van der Waals surface area contributed by atoms with Gasteiger partial charge in [-0.3, -0.25) is 14.5 Å². The normalized spacial score (nSPS) is 20.4. The molecule has 0 saturated carbocycles. The summed E-state index contributed by atoms with van der Waals surface area (Å²) in [6.07, 6.45) is 0. The van der Waals surface area contributed by atoms with E-state index in [9.17, 15) is 24.3 Å². The minimum Gasteiger partial charge on any atom is -0.477 e. The molecule has 2 aliphatic heterocycles. The number of amides is 4. The van der Waals surface area contributed by atoms with E-state index in [4.69, 9.17) is 5.73 Å². The van der Waals surface area contributed by atoms with Gasteiger partial charge in [0.25, 0.3) is 5.91 Å². The highest BCUT2D eigenvalue weighted by Gasteiger charge is 2.54. The largest absolute Gasteiger partial charge is 0.477 e. The van der Waals surface area contributed by atoms with Crippen LogP contribution in [-0.2, 0) is 21.4 Å². The number of urea groups is 1. The average Bonchev–Trinajstić information content (AvgIpc) is 3.43. The summed E-state index contributed by atoms with van der Waals surface area (Å²) in [4.78, 5) is 51.0. The number of thiophene rings is 1. The number of aryl methyl sites for hydroxylation is 2. The number of carboxylic acids is 1. The SMILES string of the molecule is Cc1nnn(C)c1SCC1=C(C(=O)O)N2C(=O)[C@H](NC(=O)C(NC(N)=O)c3cccs3)C2SC1. The van der Waals surface area contributed by atoms with Gasteiger partial charge in [0.15, 0.2) is 0 Å². The zero-order valence-electron chi connectivity index (χ0n) is 18.0. The molecule has 1 saturated heterocycles. The smallest absolute Gasteiger partial charge is 0.352 e. The molecule has 2 aromatic rings. The predicted octanol–water partition coefficient (Wildman–Crippen LogP) is 0.425.